The van der Waals surface area contributed by atoms with E-state index in [0.717, 1.165) is 43.6 Å². The van der Waals surface area contributed by atoms with Crippen molar-refractivity contribution < 1.29 is 14.2 Å². The van der Waals surface area contributed by atoms with Gasteiger partial charge in [0.25, 0.3) is 0 Å². The van der Waals surface area contributed by atoms with Crippen LogP contribution in [0.15, 0.2) is 29.3 Å². The van der Waals surface area contributed by atoms with E-state index in [1.54, 1.807) is 14.2 Å². The van der Waals surface area contributed by atoms with Crippen molar-refractivity contribution in [1.29, 1.82) is 0 Å². The number of benzene rings is 1. The molecule has 2 N–H and O–H groups in total. The molecule has 154 valence electrons. The predicted molar refractivity (Wildman–Crippen MR) is 121 cm³/mol. The quantitative estimate of drug-likeness (QED) is 0.215. The molecule has 0 unspecified atom stereocenters. The highest BCUT2D eigenvalue weighted by atomic mass is 127. The lowest BCUT2D eigenvalue weighted by Gasteiger charge is -2.40. The summed E-state index contributed by atoms with van der Waals surface area (Å²) in [5.74, 6) is 2.46. The third-order valence-corrected chi connectivity index (χ3v) is 4.87. The van der Waals surface area contributed by atoms with Gasteiger partial charge in [0.1, 0.15) is 18.1 Å². The Morgan fingerprint density at radius 2 is 1.93 bits per heavy atom. The first-order valence-corrected chi connectivity index (χ1v) is 9.49. The second kappa shape index (κ2) is 13.0. The van der Waals surface area contributed by atoms with Crippen LogP contribution in [-0.2, 0) is 4.74 Å². The second-order valence-electron chi connectivity index (χ2n) is 6.75. The van der Waals surface area contributed by atoms with Crippen LogP contribution in [0.25, 0.3) is 0 Å². The number of nitrogens with zero attached hydrogens (tertiary/aromatic N) is 1. The van der Waals surface area contributed by atoms with Crippen LogP contribution in [0.4, 0.5) is 0 Å². The molecule has 7 heteroatoms. The fraction of sp³-hybridized carbons (Fsp3) is 0.650. The fourth-order valence-corrected chi connectivity index (χ4v) is 3.10. The SMILES string of the molecule is CCNC(=NCC1(CCOC)CCC1)NCCOc1cccc(OC)c1.I. The third kappa shape index (κ3) is 8.13. The van der Waals surface area contributed by atoms with Crippen LogP contribution in [0.2, 0.25) is 0 Å². The number of hydrogen-bond donors (Lipinski definition) is 2. The molecular weight excluding hydrogens is 457 g/mol. The molecule has 2 rings (SSSR count). The van der Waals surface area contributed by atoms with Gasteiger partial charge in [-0.3, -0.25) is 4.99 Å². The Balaban J connectivity index is 0.00000364. The molecule has 0 saturated heterocycles. The predicted octanol–water partition coefficient (Wildman–Crippen LogP) is 3.45. The van der Waals surface area contributed by atoms with E-state index in [1.165, 1.54) is 19.3 Å². The minimum Gasteiger partial charge on any atom is -0.497 e. The first kappa shape index (κ1) is 23.8. The van der Waals surface area contributed by atoms with Gasteiger partial charge in [0, 0.05) is 32.9 Å². The molecule has 0 aromatic heterocycles. The average Bonchev–Trinajstić information content (AvgIpc) is 2.64. The van der Waals surface area contributed by atoms with Gasteiger partial charge in [-0.1, -0.05) is 12.5 Å². The molecule has 0 aliphatic heterocycles. The summed E-state index contributed by atoms with van der Waals surface area (Å²) in [6, 6.07) is 7.64. The number of guanidine groups is 1. The Kier molecular flexibility index (Phi) is 11.5. The van der Waals surface area contributed by atoms with Crippen LogP contribution in [0.5, 0.6) is 11.5 Å². The lowest BCUT2D eigenvalue weighted by Crippen LogP contribution is -2.41. The van der Waals surface area contributed by atoms with Crippen molar-refractivity contribution >= 4 is 29.9 Å². The summed E-state index contributed by atoms with van der Waals surface area (Å²) in [7, 11) is 3.42. The minimum absolute atomic E-state index is 0. The number of ether oxygens (including phenoxy) is 3. The van der Waals surface area contributed by atoms with Gasteiger partial charge in [0.2, 0.25) is 0 Å². The van der Waals surface area contributed by atoms with Gasteiger partial charge in [-0.25, -0.2) is 0 Å². The first-order valence-electron chi connectivity index (χ1n) is 9.49. The molecule has 0 bridgehead atoms. The molecule has 27 heavy (non-hydrogen) atoms. The first-order chi connectivity index (χ1) is 12.7. The van der Waals surface area contributed by atoms with Crippen LogP contribution < -0.4 is 20.1 Å². The number of rotatable bonds is 11. The lowest BCUT2D eigenvalue weighted by molar-refractivity contribution is 0.0778. The van der Waals surface area contributed by atoms with Gasteiger partial charge in [-0.15, -0.1) is 24.0 Å². The van der Waals surface area contributed by atoms with E-state index in [2.05, 4.69) is 17.6 Å². The molecule has 0 atom stereocenters. The maximum absolute atomic E-state index is 5.77. The van der Waals surface area contributed by atoms with Gasteiger partial charge in [0.15, 0.2) is 5.96 Å². The summed E-state index contributed by atoms with van der Waals surface area (Å²) in [5.41, 5.74) is 0.329. The molecule has 1 aromatic carbocycles. The van der Waals surface area contributed by atoms with Gasteiger partial charge < -0.3 is 24.8 Å². The van der Waals surface area contributed by atoms with E-state index in [0.29, 0.717) is 18.6 Å². The maximum Gasteiger partial charge on any atom is 0.191 e. The highest BCUT2D eigenvalue weighted by molar-refractivity contribution is 14.0. The maximum atomic E-state index is 5.77. The number of nitrogens with one attached hydrogen (secondary N) is 2. The van der Waals surface area contributed by atoms with Crippen LogP contribution >= 0.6 is 24.0 Å². The summed E-state index contributed by atoms with van der Waals surface area (Å²) in [4.78, 5) is 4.80. The monoisotopic (exact) mass is 491 g/mol. The van der Waals surface area contributed by atoms with Gasteiger partial charge in [-0.05, 0) is 43.7 Å². The third-order valence-electron chi connectivity index (χ3n) is 4.87. The standard InChI is InChI=1S/C20H33N3O3.HI/c1-4-21-19(23-16-20(9-6-10-20)11-13-24-2)22-12-14-26-18-8-5-7-17(15-18)25-3;/h5,7-8,15H,4,6,9-14,16H2,1-3H3,(H2,21,22,23);1H. The molecule has 1 aliphatic rings. The van der Waals surface area contributed by atoms with Crippen molar-refractivity contribution in [2.75, 3.05) is 47.1 Å². The minimum atomic E-state index is 0. The summed E-state index contributed by atoms with van der Waals surface area (Å²) in [6.07, 6.45) is 4.89. The Morgan fingerprint density at radius 3 is 2.56 bits per heavy atom. The molecule has 6 nitrogen and oxygen atoms in total. The molecule has 1 aliphatic carbocycles. The zero-order chi connectivity index (χ0) is 18.7. The Morgan fingerprint density at radius 1 is 1.15 bits per heavy atom. The van der Waals surface area contributed by atoms with Crippen molar-refractivity contribution in [1.82, 2.24) is 10.6 Å². The summed E-state index contributed by atoms with van der Waals surface area (Å²) < 4.78 is 16.2. The summed E-state index contributed by atoms with van der Waals surface area (Å²) in [5, 5.41) is 6.66. The Bertz CT molecular complexity index is 565. The van der Waals surface area contributed by atoms with Crippen LogP contribution in [-0.4, -0.2) is 53.0 Å². The van der Waals surface area contributed by atoms with Crippen molar-refractivity contribution in [3.05, 3.63) is 24.3 Å². The van der Waals surface area contributed by atoms with Gasteiger partial charge in [0.05, 0.1) is 13.7 Å². The van der Waals surface area contributed by atoms with Crippen molar-refractivity contribution in [3.63, 3.8) is 0 Å². The molecule has 0 heterocycles. The molecular formula is C20H34IN3O3. The van der Waals surface area contributed by atoms with E-state index in [4.69, 9.17) is 19.2 Å². The fourth-order valence-electron chi connectivity index (χ4n) is 3.10. The number of aliphatic imine (C=N–C) groups is 1. The van der Waals surface area contributed by atoms with Crippen molar-refractivity contribution in [2.45, 2.75) is 32.6 Å². The summed E-state index contributed by atoms with van der Waals surface area (Å²) >= 11 is 0. The van der Waals surface area contributed by atoms with Gasteiger partial charge in [-0.2, -0.15) is 0 Å². The topological polar surface area (TPSA) is 64.1 Å². The van der Waals surface area contributed by atoms with E-state index < -0.39 is 0 Å². The molecule has 1 saturated carbocycles. The van der Waals surface area contributed by atoms with E-state index in [-0.39, 0.29) is 24.0 Å². The van der Waals surface area contributed by atoms with Crippen molar-refractivity contribution in [2.24, 2.45) is 10.4 Å². The normalized spacial score (nSPS) is 15.3. The summed E-state index contributed by atoms with van der Waals surface area (Å²) in [6.45, 7) is 5.83. The zero-order valence-electron chi connectivity index (χ0n) is 16.8. The lowest BCUT2D eigenvalue weighted by atomic mass is 9.67. The zero-order valence-corrected chi connectivity index (χ0v) is 19.1. The average molecular weight is 491 g/mol. The van der Waals surface area contributed by atoms with Gasteiger partial charge >= 0.3 is 0 Å². The van der Waals surface area contributed by atoms with E-state index in [9.17, 15) is 0 Å². The smallest absolute Gasteiger partial charge is 0.191 e. The number of hydrogen-bond acceptors (Lipinski definition) is 4. The van der Waals surface area contributed by atoms with E-state index in [1.807, 2.05) is 24.3 Å². The molecule has 0 amide bonds. The van der Waals surface area contributed by atoms with Crippen molar-refractivity contribution in [3.8, 4) is 11.5 Å². The second-order valence-corrected chi connectivity index (χ2v) is 6.75. The largest absolute Gasteiger partial charge is 0.497 e. The molecule has 1 aromatic rings. The van der Waals surface area contributed by atoms with Crippen LogP contribution in [0.1, 0.15) is 32.6 Å². The Labute approximate surface area is 180 Å². The van der Waals surface area contributed by atoms with E-state index >= 15 is 0 Å². The molecule has 0 radical (unpaired) electrons. The molecule has 1 fully saturated rings. The molecule has 0 spiro atoms. The highest BCUT2D eigenvalue weighted by Crippen LogP contribution is 2.44. The Hall–Kier alpha value is -1.22. The van der Waals surface area contributed by atoms with Crippen LogP contribution in [0.3, 0.4) is 0 Å². The highest BCUT2D eigenvalue weighted by Gasteiger charge is 2.36. The van der Waals surface area contributed by atoms with Crippen LogP contribution in [0, 0.1) is 5.41 Å². The number of methoxy groups -OCH3 is 2. The number of halogens is 1.